The number of carbonyl (C=O) groups is 2. The number of amides is 2. The molecule has 6 nitrogen and oxygen atoms in total. The first-order chi connectivity index (χ1) is 9.08. The fourth-order valence-corrected chi connectivity index (χ4v) is 1.49. The summed E-state index contributed by atoms with van der Waals surface area (Å²) in [5.74, 6) is -0.508. The number of anilines is 1. The molecule has 1 rings (SSSR count). The number of rotatable bonds is 6. The van der Waals surface area contributed by atoms with Gasteiger partial charge in [0.2, 0.25) is 5.91 Å². The van der Waals surface area contributed by atoms with Crippen LogP contribution in [0.25, 0.3) is 0 Å². The molecule has 1 aromatic rings. The standard InChI is InChI=1S/C13H19N3O3/c1-15-12(17)9-4-3-5-10(8-9)16-13(18)11(14)6-7-19-2/h3-5,8,11H,6-7,14H2,1-2H3,(H,15,17)(H,16,18). The number of hydrogen-bond acceptors (Lipinski definition) is 4. The van der Waals surface area contributed by atoms with Crippen molar-refractivity contribution in [2.24, 2.45) is 5.73 Å². The van der Waals surface area contributed by atoms with E-state index in [1.54, 1.807) is 38.4 Å². The fourth-order valence-electron chi connectivity index (χ4n) is 1.49. The maximum atomic E-state index is 11.8. The molecule has 4 N–H and O–H groups in total. The normalized spacial score (nSPS) is 11.7. The first-order valence-electron chi connectivity index (χ1n) is 5.96. The highest BCUT2D eigenvalue weighted by atomic mass is 16.5. The third-order valence-electron chi connectivity index (χ3n) is 2.59. The third-order valence-corrected chi connectivity index (χ3v) is 2.59. The van der Waals surface area contributed by atoms with E-state index in [2.05, 4.69) is 10.6 Å². The Balaban J connectivity index is 2.66. The Labute approximate surface area is 112 Å². The molecular formula is C13H19N3O3. The summed E-state index contributed by atoms with van der Waals surface area (Å²) in [6, 6.07) is 6.02. The Morgan fingerprint density at radius 2 is 2.16 bits per heavy atom. The molecule has 0 saturated heterocycles. The van der Waals surface area contributed by atoms with Crippen LogP contribution in [0.15, 0.2) is 24.3 Å². The molecule has 0 heterocycles. The number of methoxy groups -OCH3 is 1. The van der Waals surface area contributed by atoms with Gasteiger partial charge in [0.1, 0.15) is 0 Å². The van der Waals surface area contributed by atoms with Gasteiger partial charge in [-0.2, -0.15) is 0 Å². The summed E-state index contributed by atoms with van der Waals surface area (Å²) in [5.41, 5.74) is 6.72. The van der Waals surface area contributed by atoms with Crippen LogP contribution in [0.1, 0.15) is 16.8 Å². The second kappa shape index (κ2) is 7.50. The SMILES string of the molecule is CNC(=O)c1cccc(NC(=O)C(N)CCOC)c1. The zero-order chi connectivity index (χ0) is 14.3. The van der Waals surface area contributed by atoms with E-state index in [4.69, 9.17) is 10.5 Å². The van der Waals surface area contributed by atoms with E-state index < -0.39 is 6.04 Å². The van der Waals surface area contributed by atoms with Gasteiger partial charge in [-0.15, -0.1) is 0 Å². The predicted octanol–water partition coefficient (Wildman–Crippen LogP) is 0.349. The number of ether oxygens (including phenoxy) is 1. The molecule has 1 atom stereocenters. The van der Waals surface area contributed by atoms with E-state index in [1.165, 1.54) is 0 Å². The third kappa shape index (κ3) is 4.69. The summed E-state index contributed by atoms with van der Waals surface area (Å²) in [6.07, 6.45) is 0.442. The Bertz CT molecular complexity index is 449. The van der Waals surface area contributed by atoms with Crippen LogP contribution < -0.4 is 16.4 Å². The average Bonchev–Trinajstić information content (AvgIpc) is 2.44. The minimum Gasteiger partial charge on any atom is -0.385 e. The molecule has 0 radical (unpaired) electrons. The molecule has 104 valence electrons. The minimum atomic E-state index is -0.636. The highest BCUT2D eigenvalue weighted by Gasteiger charge is 2.13. The summed E-state index contributed by atoms with van der Waals surface area (Å²) >= 11 is 0. The number of nitrogens with two attached hydrogens (primary N) is 1. The van der Waals surface area contributed by atoms with E-state index in [0.29, 0.717) is 24.3 Å². The maximum Gasteiger partial charge on any atom is 0.251 e. The van der Waals surface area contributed by atoms with Crippen molar-refractivity contribution in [1.82, 2.24) is 5.32 Å². The van der Waals surface area contributed by atoms with Crippen molar-refractivity contribution in [2.75, 3.05) is 26.1 Å². The van der Waals surface area contributed by atoms with Gasteiger partial charge in [-0.1, -0.05) is 6.07 Å². The Kier molecular flexibility index (Phi) is 5.98. The van der Waals surface area contributed by atoms with Gasteiger partial charge in [-0.05, 0) is 24.6 Å². The van der Waals surface area contributed by atoms with Crippen molar-refractivity contribution in [2.45, 2.75) is 12.5 Å². The van der Waals surface area contributed by atoms with E-state index in [9.17, 15) is 9.59 Å². The molecule has 0 aromatic heterocycles. The molecular weight excluding hydrogens is 246 g/mol. The summed E-state index contributed by atoms with van der Waals surface area (Å²) in [5, 5.41) is 5.19. The van der Waals surface area contributed by atoms with Crippen molar-refractivity contribution in [3.8, 4) is 0 Å². The average molecular weight is 265 g/mol. The number of carbonyl (C=O) groups excluding carboxylic acids is 2. The van der Waals surface area contributed by atoms with E-state index in [-0.39, 0.29) is 11.8 Å². The summed E-state index contributed by atoms with van der Waals surface area (Å²) in [6.45, 7) is 0.423. The summed E-state index contributed by atoms with van der Waals surface area (Å²) in [4.78, 5) is 23.2. The van der Waals surface area contributed by atoms with Gasteiger partial charge < -0.3 is 21.1 Å². The Morgan fingerprint density at radius 3 is 2.79 bits per heavy atom. The van der Waals surface area contributed by atoms with Crippen molar-refractivity contribution in [3.05, 3.63) is 29.8 Å². The van der Waals surface area contributed by atoms with Crippen molar-refractivity contribution in [3.63, 3.8) is 0 Å². The molecule has 2 amide bonds. The molecule has 1 unspecified atom stereocenters. The van der Waals surface area contributed by atoms with Gasteiger partial charge in [0.25, 0.3) is 5.91 Å². The lowest BCUT2D eigenvalue weighted by atomic mass is 10.1. The van der Waals surface area contributed by atoms with Gasteiger partial charge >= 0.3 is 0 Å². The second-order valence-corrected chi connectivity index (χ2v) is 4.04. The fraction of sp³-hybridized carbons (Fsp3) is 0.385. The van der Waals surface area contributed by atoms with Crippen molar-refractivity contribution < 1.29 is 14.3 Å². The molecule has 6 heteroatoms. The van der Waals surface area contributed by atoms with Crippen LogP contribution in [0, 0.1) is 0 Å². The van der Waals surface area contributed by atoms with Crippen LogP contribution in [-0.4, -0.2) is 38.6 Å². The molecule has 0 aliphatic heterocycles. The van der Waals surface area contributed by atoms with Gasteiger partial charge in [-0.25, -0.2) is 0 Å². The lowest BCUT2D eigenvalue weighted by Crippen LogP contribution is -2.36. The van der Waals surface area contributed by atoms with Gasteiger partial charge in [0.15, 0.2) is 0 Å². The van der Waals surface area contributed by atoms with Crippen LogP contribution in [0.2, 0.25) is 0 Å². The molecule has 0 fully saturated rings. The highest BCUT2D eigenvalue weighted by molar-refractivity contribution is 5.98. The smallest absolute Gasteiger partial charge is 0.251 e. The number of hydrogen-bond donors (Lipinski definition) is 3. The highest BCUT2D eigenvalue weighted by Crippen LogP contribution is 2.11. The number of benzene rings is 1. The first kappa shape index (κ1) is 15.1. The van der Waals surface area contributed by atoms with Gasteiger partial charge in [0, 0.05) is 32.0 Å². The van der Waals surface area contributed by atoms with Crippen LogP contribution in [0.3, 0.4) is 0 Å². The molecule has 1 aromatic carbocycles. The van der Waals surface area contributed by atoms with Crippen LogP contribution in [-0.2, 0) is 9.53 Å². The summed E-state index contributed by atoms with van der Waals surface area (Å²) in [7, 11) is 3.10. The monoisotopic (exact) mass is 265 g/mol. The maximum absolute atomic E-state index is 11.8. The predicted molar refractivity (Wildman–Crippen MR) is 72.9 cm³/mol. The first-order valence-corrected chi connectivity index (χ1v) is 5.96. The lowest BCUT2D eigenvalue weighted by molar-refractivity contribution is -0.117. The Hall–Kier alpha value is -1.92. The molecule has 0 aliphatic carbocycles. The lowest BCUT2D eigenvalue weighted by Gasteiger charge is -2.12. The Morgan fingerprint density at radius 1 is 1.42 bits per heavy atom. The summed E-state index contributed by atoms with van der Waals surface area (Å²) < 4.78 is 4.87. The largest absolute Gasteiger partial charge is 0.385 e. The van der Waals surface area contributed by atoms with Crippen LogP contribution >= 0.6 is 0 Å². The minimum absolute atomic E-state index is 0.209. The van der Waals surface area contributed by atoms with Crippen LogP contribution in [0.5, 0.6) is 0 Å². The van der Waals surface area contributed by atoms with E-state index in [0.717, 1.165) is 0 Å². The van der Waals surface area contributed by atoms with Crippen molar-refractivity contribution >= 4 is 17.5 Å². The topological polar surface area (TPSA) is 93.5 Å². The van der Waals surface area contributed by atoms with E-state index in [1.807, 2.05) is 0 Å². The van der Waals surface area contributed by atoms with E-state index >= 15 is 0 Å². The molecule has 0 bridgehead atoms. The van der Waals surface area contributed by atoms with Gasteiger partial charge in [0.05, 0.1) is 6.04 Å². The quantitative estimate of drug-likeness (QED) is 0.692. The zero-order valence-corrected chi connectivity index (χ0v) is 11.1. The van der Waals surface area contributed by atoms with Crippen molar-refractivity contribution in [1.29, 1.82) is 0 Å². The molecule has 19 heavy (non-hydrogen) atoms. The van der Waals surface area contributed by atoms with Gasteiger partial charge in [-0.3, -0.25) is 9.59 Å². The molecule has 0 saturated carbocycles. The second-order valence-electron chi connectivity index (χ2n) is 4.04. The molecule has 0 spiro atoms. The zero-order valence-electron chi connectivity index (χ0n) is 11.1. The number of nitrogens with one attached hydrogen (secondary N) is 2. The van der Waals surface area contributed by atoms with Crippen LogP contribution in [0.4, 0.5) is 5.69 Å². The molecule has 0 aliphatic rings.